The lowest BCUT2D eigenvalue weighted by Crippen LogP contribution is -2.40. The van der Waals surface area contributed by atoms with E-state index in [0.29, 0.717) is 35.7 Å². The number of pyridine rings is 1. The van der Waals surface area contributed by atoms with Crippen LogP contribution in [0.15, 0.2) is 12.3 Å². The van der Waals surface area contributed by atoms with Gasteiger partial charge >= 0.3 is 0 Å². The van der Waals surface area contributed by atoms with Gasteiger partial charge in [0.05, 0.1) is 25.0 Å². The summed E-state index contributed by atoms with van der Waals surface area (Å²) in [5.41, 5.74) is 0.555. The molecule has 30 heavy (non-hydrogen) atoms. The number of nitrogens with zero attached hydrogens (tertiary/aromatic N) is 1. The number of halogens is 1. The van der Waals surface area contributed by atoms with Crippen LogP contribution in [0.1, 0.15) is 58.8 Å². The normalized spacial score (nSPS) is 22.6. The van der Waals surface area contributed by atoms with Gasteiger partial charge in [0.15, 0.2) is 0 Å². The van der Waals surface area contributed by atoms with Crippen molar-refractivity contribution >= 4 is 29.1 Å². The topological polar surface area (TPSA) is 89.6 Å². The Balaban J connectivity index is 1.41. The molecular weight excluding hydrogens is 406 g/mol. The molecule has 8 heteroatoms. The molecule has 1 aromatic rings. The van der Waals surface area contributed by atoms with Gasteiger partial charge in [-0.25, -0.2) is 4.98 Å². The van der Waals surface area contributed by atoms with E-state index in [1.54, 1.807) is 12.3 Å². The molecule has 0 saturated heterocycles. The maximum absolute atomic E-state index is 12.5. The van der Waals surface area contributed by atoms with Gasteiger partial charge in [0.25, 0.3) is 0 Å². The molecule has 0 bridgehead atoms. The van der Waals surface area contributed by atoms with E-state index in [2.05, 4.69) is 15.6 Å². The van der Waals surface area contributed by atoms with Crippen LogP contribution in [0.3, 0.4) is 0 Å². The number of nitrogens with one attached hydrogen (secondary N) is 2. The Bertz CT molecular complexity index is 733. The van der Waals surface area contributed by atoms with E-state index in [1.165, 1.54) is 13.3 Å². The van der Waals surface area contributed by atoms with E-state index in [-0.39, 0.29) is 29.9 Å². The first-order chi connectivity index (χ1) is 14.4. The van der Waals surface area contributed by atoms with Crippen molar-refractivity contribution in [3.8, 4) is 5.88 Å². The van der Waals surface area contributed by atoms with Crippen molar-refractivity contribution in [1.29, 1.82) is 0 Å². The van der Waals surface area contributed by atoms with Crippen LogP contribution >= 0.6 is 11.6 Å². The van der Waals surface area contributed by atoms with Gasteiger partial charge < -0.3 is 20.1 Å². The summed E-state index contributed by atoms with van der Waals surface area (Å²) in [7, 11) is 0. The molecule has 2 amide bonds. The number of hydrogen-bond donors (Lipinski definition) is 2. The lowest BCUT2D eigenvalue weighted by Gasteiger charge is -2.35. The summed E-state index contributed by atoms with van der Waals surface area (Å²) in [5.74, 6) is 0.771. The highest BCUT2D eigenvalue weighted by atomic mass is 35.5. The van der Waals surface area contributed by atoms with Crippen LogP contribution in [-0.2, 0) is 14.3 Å². The molecule has 0 radical (unpaired) electrons. The first kappa shape index (κ1) is 22.8. The quantitative estimate of drug-likeness (QED) is 0.610. The van der Waals surface area contributed by atoms with Gasteiger partial charge in [0.2, 0.25) is 17.7 Å². The van der Waals surface area contributed by atoms with Crippen molar-refractivity contribution in [1.82, 2.24) is 10.3 Å². The number of carbonyl (C=O) groups is 2. The van der Waals surface area contributed by atoms with Crippen LogP contribution in [0.5, 0.6) is 5.88 Å². The van der Waals surface area contributed by atoms with Gasteiger partial charge in [-0.2, -0.15) is 0 Å². The summed E-state index contributed by atoms with van der Waals surface area (Å²) in [6.07, 6.45) is 8.90. The van der Waals surface area contributed by atoms with E-state index in [4.69, 9.17) is 21.1 Å². The van der Waals surface area contributed by atoms with Gasteiger partial charge in [-0.05, 0) is 44.6 Å². The number of rotatable bonds is 9. The van der Waals surface area contributed by atoms with Gasteiger partial charge in [0, 0.05) is 25.1 Å². The number of amides is 2. The second-order valence-corrected chi connectivity index (χ2v) is 8.89. The summed E-state index contributed by atoms with van der Waals surface area (Å²) in [4.78, 5) is 27.7. The van der Waals surface area contributed by atoms with Gasteiger partial charge in [-0.15, -0.1) is 0 Å². The Labute approximate surface area is 183 Å². The summed E-state index contributed by atoms with van der Waals surface area (Å²) < 4.78 is 11.6. The fourth-order valence-electron chi connectivity index (χ4n) is 4.03. The average Bonchev–Trinajstić information content (AvgIpc) is 2.69. The second-order valence-electron chi connectivity index (χ2n) is 8.51. The van der Waals surface area contributed by atoms with E-state index >= 15 is 0 Å². The largest absolute Gasteiger partial charge is 0.476 e. The summed E-state index contributed by atoms with van der Waals surface area (Å²) >= 11 is 6.43. The van der Waals surface area contributed by atoms with E-state index < -0.39 is 0 Å². The molecule has 0 spiro atoms. The van der Waals surface area contributed by atoms with Crippen molar-refractivity contribution in [3.63, 3.8) is 0 Å². The first-order valence-electron chi connectivity index (χ1n) is 10.9. The molecule has 2 saturated carbocycles. The zero-order valence-electron chi connectivity index (χ0n) is 17.8. The number of anilines is 1. The standard InChI is InChI=1S/C22H32ClN3O4/c1-14(25-15(2)27)12-29-18-10-16(11-18)13-30-22-20(23)19(8-9-24-22)26-21(28)17-6-4-3-5-7-17/h8-9,14,16-18H,3-7,10-13H2,1-2H3,(H,25,27)(H,24,26,28)/t14-,16-,18-/m0/s1. The predicted molar refractivity (Wildman–Crippen MR) is 116 cm³/mol. The minimum Gasteiger partial charge on any atom is -0.476 e. The van der Waals surface area contributed by atoms with Gasteiger partial charge in [0.1, 0.15) is 5.02 Å². The zero-order chi connectivity index (χ0) is 21.5. The molecule has 7 nitrogen and oxygen atoms in total. The Morgan fingerprint density at radius 2 is 2.00 bits per heavy atom. The van der Waals surface area contributed by atoms with Crippen LogP contribution in [0.2, 0.25) is 5.02 Å². The Kier molecular flexibility index (Phi) is 8.33. The maximum atomic E-state index is 12.5. The fourth-order valence-corrected chi connectivity index (χ4v) is 4.25. The van der Waals surface area contributed by atoms with Gasteiger partial charge in [-0.3, -0.25) is 9.59 Å². The number of ether oxygens (including phenoxy) is 2. The smallest absolute Gasteiger partial charge is 0.234 e. The Morgan fingerprint density at radius 3 is 2.70 bits per heavy atom. The molecule has 1 atom stereocenters. The molecule has 2 N–H and O–H groups in total. The molecule has 2 aliphatic carbocycles. The molecule has 3 rings (SSSR count). The Morgan fingerprint density at radius 1 is 1.27 bits per heavy atom. The first-order valence-corrected chi connectivity index (χ1v) is 11.3. The molecular formula is C22H32ClN3O4. The highest BCUT2D eigenvalue weighted by Crippen LogP contribution is 2.34. The number of carbonyl (C=O) groups excluding carboxylic acids is 2. The molecule has 166 valence electrons. The average molecular weight is 438 g/mol. The van der Waals surface area contributed by atoms with E-state index in [0.717, 1.165) is 38.5 Å². The minimum absolute atomic E-state index is 0.00682. The monoisotopic (exact) mass is 437 g/mol. The third kappa shape index (κ3) is 6.57. The van der Waals surface area contributed by atoms with Crippen LogP contribution in [0.4, 0.5) is 5.69 Å². The van der Waals surface area contributed by atoms with Crippen molar-refractivity contribution in [2.45, 2.75) is 70.9 Å². The van der Waals surface area contributed by atoms with Crippen LogP contribution in [0, 0.1) is 11.8 Å². The van der Waals surface area contributed by atoms with Crippen molar-refractivity contribution in [2.24, 2.45) is 11.8 Å². The second kappa shape index (κ2) is 11.0. The number of aromatic nitrogens is 1. The third-order valence-electron chi connectivity index (χ3n) is 5.77. The van der Waals surface area contributed by atoms with E-state index in [1.807, 2.05) is 6.92 Å². The fraction of sp³-hybridized carbons (Fsp3) is 0.682. The van der Waals surface area contributed by atoms with Crippen molar-refractivity contribution in [2.75, 3.05) is 18.5 Å². The Hall–Kier alpha value is -1.86. The summed E-state index contributed by atoms with van der Waals surface area (Å²) in [5, 5.41) is 6.10. The van der Waals surface area contributed by atoms with Gasteiger partial charge in [-0.1, -0.05) is 30.9 Å². The van der Waals surface area contributed by atoms with Crippen LogP contribution < -0.4 is 15.4 Å². The molecule has 1 heterocycles. The lowest BCUT2D eigenvalue weighted by molar-refractivity contribution is -0.121. The van der Waals surface area contributed by atoms with E-state index in [9.17, 15) is 9.59 Å². The molecule has 1 aromatic heterocycles. The summed E-state index contributed by atoms with van der Waals surface area (Å²) in [6.45, 7) is 4.44. The molecule has 0 aliphatic heterocycles. The predicted octanol–water partition coefficient (Wildman–Crippen LogP) is 3.95. The zero-order valence-corrected chi connectivity index (χ0v) is 18.5. The minimum atomic E-state index is -0.0486. The van der Waals surface area contributed by atoms with Crippen molar-refractivity contribution in [3.05, 3.63) is 17.3 Å². The molecule has 0 aromatic carbocycles. The molecule has 2 aliphatic rings. The highest BCUT2D eigenvalue weighted by Gasteiger charge is 2.31. The SMILES string of the molecule is CC(=O)N[C@@H](C)CO[C@H]1C[C@H](COc2nccc(NC(=O)C3CCCCC3)c2Cl)C1. The van der Waals surface area contributed by atoms with Crippen LogP contribution in [0.25, 0.3) is 0 Å². The number of hydrogen-bond acceptors (Lipinski definition) is 5. The third-order valence-corrected chi connectivity index (χ3v) is 6.14. The molecule has 0 unspecified atom stereocenters. The lowest BCUT2D eigenvalue weighted by atomic mass is 9.83. The maximum Gasteiger partial charge on any atom is 0.234 e. The summed E-state index contributed by atoms with van der Waals surface area (Å²) in [6, 6.07) is 1.71. The van der Waals surface area contributed by atoms with Crippen molar-refractivity contribution < 1.29 is 19.1 Å². The van der Waals surface area contributed by atoms with Crippen LogP contribution in [-0.4, -0.2) is 42.2 Å². The highest BCUT2D eigenvalue weighted by molar-refractivity contribution is 6.35. The molecule has 2 fully saturated rings.